The molecule has 0 spiro atoms. The number of aliphatic hydroxyl groups is 2. The number of alkyl carbamates (subject to hydrolysis) is 2. The van der Waals surface area contributed by atoms with Gasteiger partial charge in [-0.25, -0.2) is 9.59 Å². The van der Waals surface area contributed by atoms with Crippen molar-refractivity contribution in [3.63, 3.8) is 0 Å². The second kappa shape index (κ2) is 17.5. The van der Waals surface area contributed by atoms with Crippen LogP contribution in [0.4, 0.5) is 9.59 Å². The van der Waals surface area contributed by atoms with Crippen LogP contribution in [0.25, 0.3) is 0 Å². The number of hydrogen-bond donors (Lipinski definition) is 4. The maximum Gasteiger partial charge on any atom is 0.408 e. The fraction of sp³-hybridized carbons (Fsp3) is 0.350. The first-order chi connectivity index (χ1) is 24.0. The molecule has 0 unspecified atom stereocenters. The molecule has 4 aromatic carbocycles. The van der Waals surface area contributed by atoms with Gasteiger partial charge < -0.3 is 30.3 Å². The maximum absolute atomic E-state index is 12.4. The third kappa shape index (κ3) is 12.3. The fourth-order valence-electron chi connectivity index (χ4n) is 5.24. The van der Waals surface area contributed by atoms with Crippen molar-refractivity contribution >= 4 is 58.6 Å². The highest BCUT2D eigenvalue weighted by atomic mass is 35.5. The van der Waals surface area contributed by atoms with Crippen molar-refractivity contribution in [3.05, 3.63) is 139 Å². The molecule has 4 aromatic rings. The zero-order valence-electron chi connectivity index (χ0n) is 30.4. The monoisotopic (exact) mass is 790 g/mol. The molecule has 8 nitrogen and oxygen atoms in total. The minimum absolute atomic E-state index is 0.497. The molecular formula is C40H46Cl4N2O6. The molecule has 0 aliphatic heterocycles. The molecule has 0 bridgehead atoms. The molecule has 4 N–H and O–H groups in total. The van der Waals surface area contributed by atoms with Crippen molar-refractivity contribution < 1.29 is 29.3 Å². The summed E-state index contributed by atoms with van der Waals surface area (Å²) in [5, 5.41) is 29.9. The SMILES string of the molecule is CC(C)(C)OC(=O)N[C@](C)(c1ccc(Cl)cc1)[C@@H](O)c1cccc(Cl)c1.CC(C)(C)OC(=O)N[C@](C)(c1ccc(Cl)cc1)[C@H](O)c1cccc(Cl)c1. The van der Waals surface area contributed by atoms with E-state index in [4.69, 9.17) is 55.9 Å². The molecule has 0 aromatic heterocycles. The quantitative estimate of drug-likeness (QED) is 0.141. The van der Waals surface area contributed by atoms with E-state index in [1.807, 2.05) is 0 Å². The largest absolute Gasteiger partial charge is 0.444 e. The first-order valence-corrected chi connectivity index (χ1v) is 17.9. The number of ether oxygens (including phenoxy) is 2. The van der Waals surface area contributed by atoms with Crippen molar-refractivity contribution in [1.29, 1.82) is 0 Å². The average molecular weight is 793 g/mol. The van der Waals surface area contributed by atoms with Gasteiger partial charge >= 0.3 is 12.2 Å². The van der Waals surface area contributed by atoms with E-state index in [-0.39, 0.29) is 0 Å². The molecule has 0 aliphatic carbocycles. The Morgan fingerprint density at radius 2 is 0.827 bits per heavy atom. The van der Waals surface area contributed by atoms with Crippen LogP contribution in [0.15, 0.2) is 97.1 Å². The molecular weight excluding hydrogens is 746 g/mol. The third-order valence-electron chi connectivity index (χ3n) is 7.83. The lowest BCUT2D eigenvalue weighted by Crippen LogP contribution is -2.49. The molecule has 0 heterocycles. The molecule has 2 amide bonds. The van der Waals surface area contributed by atoms with E-state index in [0.717, 1.165) is 0 Å². The topological polar surface area (TPSA) is 117 Å². The lowest BCUT2D eigenvalue weighted by molar-refractivity contribution is 0.0230. The van der Waals surface area contributed by atoms with Crippen molar-refractivity contribution in [2.45, 2.75) is 89.9 Å². The molecule has 0 fully saturated rings. The molecule has 0 radical (unpaired) electrons. The highest BCUT2D eigenvalue weighted by Crippen LogP contribution is 2.38. The summed E-state index contributed by atoms with van der Waals surface area (Å²) in [6.45, 7) is 14.1. The normalized spacial score (nSPS) is 15.0. The summed E-state index contributed by atoms with van der Waals surface area (Å²) in [4.78, 5) is 24.8. The number of carbonyl (C=O) groups is 2. The Labute approximate surface area is 326 Å². The van der Waals surface area contributed by atoms with Gasteiger partial charge in [-0.3, -0.25) is 0 Å². The van der Waals surface area contributed by atoms with Crippen molar-refractivity contribution in [2.24, 2.45) is 0 Å². The van der Waals surface area contributed by atoms with E-state index >= 15 is 0 Å². The minimum Gasteiger partial charge on any atom is -0.444 e. The Morgan fingerprint density at radius 1 is 0.519 bits per heavy atom. The van der Waals surface area contributed by atoms with E-state index in [1.54, 1.807) is 152 Å². The highest BCUT2D eigenvalue weighted by Gasteiger charge is 2.40. The first kappa shape index (κ1) is 42.9. The summed E-state index contributed by atoms with van der Waals surface area (Å²) in [6, 6.07) is 27.6. The van der Waals surface area contributed by atoms with Crippen LogP contribution in [0.3, 0.4) is 0 Å². The van der Waals surface area contributed by atoms with Gasteiger partial charge in [-0.05, 0) is 126 Å². The fourth-order valence-corrected chi connectivity index (χ4v) is 5.89. The van der Waals surface area contributed by atoms with Crippen LogP contribution in [-0.2, 0) is 20.6 Å². The van der Waals surface area contributed by atoms with E-state index in [1.165, 1.54) is 0 Å². The van der Waals surface area contributed by atoms with Crippen LogP contribution in [0.1, 0.15) is 89.9 Å². The number of halogens is 4. The molecule has 0 saturated heterocycles. The molecule has 0 aliphatic rings. The number of hydrogen-bond acceptors (Lipinski definition) is 6. The lowest BCUT2D eigenvalue weighted by Gasteiger charge is -2.37. The standard InChI is InChI=1S/2C20H23Cl2NO3/c2*1-19(2,3)26-18(25)23-20(4,14-8-10-15(21)11-9-14)17(24)13-6-5-7-16(22)12-13/h2*5-12,17,24H,1-4H3,(H,23,25)/t17-,20+;17-,20-/m01/s1. The van der Waals surface area contributed by atoms with E-state index in [2.05, 4.69) is 10.6 Å². The third-order valence-corrected chi connectivity index (χ3v) is 8.81. The minimum atomic E-state index is -1.16. The highest BCUT2D eigenvalue weighted by molar-refractivity contribution is 6.31. The van der Waals surface area contributed by atoms with Gasteiger partial charge in [0.2, 0.25) is 0 Å². The zero-order valence-corrected chi connectivity index (χ0v) is 33.5. The summed E-state index contributed by atoms with van der Waals surface area (Å²) >= 11 is 24.1. The number of carbonyl (C=O) groups excluding carboxylic acids is 2. The van der Waals surface area contributed by atoms with E-state index < -0.39 is 46.7 Å². The average Bonchev–Trinajstić information content (AvgIpc) is 3.03. The number of rotatable bonds is 8. The zero-order chi connectivity index (χ0) is 39.1. The maximum atomic E-state index is 12.4. The predicted molar refractivity (Wildman–Crippen MR) is 209 cm³/mol. The van der Waals surface area contributed by atoms with E-state index in [9.17, 15) is 19.8 Å². The van der Waals surface area contributed by atoms with Crippen molar-refractivity contribution in [3.8, 4) is 0 Å². The summed E-state index contributed by atoms with van der Waals surface area (Å²) in [5.41, 5.74) is -1.12. The molecule has 4 rings (SSSR count). The predicted octanol–water partition coefficient (Wildman–Crippen LogP) is 10.9. The Bertz CT molecular complexity index is 1680. The molecule has 0 saturated carbocycles. The first-order valence-electron chi connectivity index (χ1n) is 16.4. The van der Waals surface area contributed by atoms with Gasteiger partial charge in [0.1, 0.15) is 23.4 Å². The number of aliphatic hydroxyl groups excluding tert-OH is 2. The van der Waals surface area contributed by atoms with Crippen LogP contribution in [-0.4, -0.2) is 33.6 Å². The Kier molecular flexibility index (Phi) is 14.5. The molecule has 280 valence electrons. The summed E-state index contributed by atoms with van der Waals surface area (Å²) in [5.74, 6) is 0. The Hall–Kier alpha value is -3.50. The van der Waals surface area contributed by atoms with Crippen LogP contribution < -0.4 is 10.6 Å². The lowest BCUT2D eigenvalue weighted by atomic mass is 9.83. The van der Waals surface area contributed by atoms with Gasteiger partial charge in [-0.15, -0.1) is 0 Å². The van der Waals surface area contributed by atoms with Gasteiger partial charge in [0.15, 0.2) is 0 Å². The van der Waals surface area contributed by atoms with Gasteiger partial charge in [0.05, 0.1) is 11.1 Å². The van der Waals surface area contributed by atoms with Crippen LogP contribution in [0, 0.1) is 0 Å². The van der Waals surface area contributed by atoms with Gasteiger partial charge in [0.25, 0.3) is 0 Å². The van der Waals surface area contributed by atoms with Gasteiger partial charge in [0, 0.05) is 20.1 Å². The molecule has 4 atom stereocenters. The number of benzene rings is 4. The van der Waals surface area contributed by atoms with Crippen molar-refractivity contribution in [2.75, 3.05) is 0 Å². The molecule has 52 heavy (non-hydrogen) atoms. The second-order valence-electron chi connectivity index (χ2n) is 14.6. The second-order valence-corrected chi connectivity index (χ2v) is 16.3. The van der Waals surface area contributed by atoms with Crippen LogP contribution in [0.2, 0.25) is 20.1 Å². The smallest absolute Gasteiger partial charge is 0.408 e. The number of amides is 2. The number of nitrogens with one attached hydrogen (secondary N) is 2. The molecule has 12 heteroatoms. The van der Waals surface area contributed by atoms with Crippen LogP contribution in [0.5, 0.6) is 0 Å². The van der Waals surface area contributed by atoms with E-state index in [0.29, 0.717) is 42.3 Å². The Morgan fingerprint density at radius 3 is 1.10 bits per heavy atom. The van der Waals surface area contributed by atoms with Crippen molar-refractivity contribution in [1.82, 2.24) is 10.6 Å². The summed E-state index contributed by atoms with van der Waals surface area (Å²) in [6.07, 6.45) is -3.38. The van der Waals surface area contributed by atoms with Gasteiger partial charge in [-0.2, -0.15) is 0 Å². The summed E-state index contributed by atoms with van der Waals surface area (Å²) < 4.78 is 10.8. The van der Waals surface area contributed by atoms with Crippen LogP contribution >= 0.6 is 46.4 Å². The summed E-state index contributed by atoms with van der Waals surface area (Å²) in [7, 11) is 0. The van der Waals surface area contributed by atoms with Gasteiger partial charge in [-0.1, -0.05) is 94.9 Å². The Balaban J connectivity index is 0.000000280.